The van der Waals surface area contributed by atoms with Gasteiger partial charge in [-0.05, 0) is 36.8 Å². The molecule has 1 unspecified atom stereocenters. The standard InChI is InChI=1S/C19H15N3O3S/c1-10-17(21-22-19(25)26-10)12-6-7-15-13(9-12)14(18(24)20-15)8-11-4-2-3-5-16(11)23/h2-10,23H,1H3,(H,20,24)(H,22,25). The van der Waals surface area contributed by atoms with Crippen molar-refractivity contribution in [1.82, 2.24) is 5.43 Å². The molecule has 2 heterocycles. The Morgan fingerprint density at radius 2 is 2.00 bits per heavy atom. The number of hydrogen-bond acceptors (Lipinski definition) is 5. The number of amides is 2. The number of benzene rings is 2. The summed E-state index contributed by atoms with van der Waals surface area (Å²) in [6.45, 7) is 1.91. The van der Waals surface area contributed by atoms with E-state index in [0.29, 0.717) is 16.8 Å². The second kappa shape index (κ2) is 6.34. The highest BCUT2D eigenvalue weighted by Gasteiger charge is 2.28. The molecule has 1 atom stereocenters. The van der Waals surface area contributed by atoms with Crippen LogP contribution in [0.25, 0.3) is 11.6 Å². The number of thioether (sulfide) groups is 1. The van der Waals surface area contributed by atoms with Gasteiger partial charge >= 0.3 is 0 Å². The van der Waals surface area contributed by atoms with E-state index in [1.54, 1.807) is 30.3 Å². The molecule has 2 aromatic rings. The molecule has 2 aliphatic rings. The molecule has 6 nitrogen and oxygen atoms in total. The van der Waals surface area contributed by atoms with E-state index in [1.807, 2.05) is 25.1 Å². The maximum atomic E-state index is 12.4. The first-order valence-corrected chi connectivity index (χ1v) is 8.91. The Morgan fingerprint density at radius 1 is 1.19 bits per heavy atom. The van der Waals surface area contributed by atoms with E-state index in [1.165, 1.54) is 11.8 Å². The van der Waals surface area contributed by atoms with Crippen molar-refractivity contribution in [3.63, 3.8) is 0 Å². The predicted octanol–water partition coefficient (Wildman–Crippen LogP) is 3.43. The Labute approximate surface area is 154 Å². The van der Waals surface area contributed by atoms with Gasteiger partial charge in [0.15, 0.2) is 0 Å². The lowest BCUT2D eigenvalue weighted by molar-refractivity contribution is -0.110. The summed E-state index contributed by atoms with van der Waals surface area (Å²) in [6.07, 6.45) is 1.67. The van der Waals surface area contributed by atoms with Crippen LogP contribution in [-0.2, 0) is 4.79 Å². The molecule has 0 radical (unpaired) electrons. The summed E-state index contributed by atoms with van der Waals surface area (Å²) in [4.78, 5) is 23.8. The first kappa shape index (κ1) is 16.4. The van der Waals surface area contributed by atoms with Crippen molar-refractivity contribution in [2.75, 3.05) is 5.32 Å². The van der Waals surface area contributed by atoms with Crippen LogP contribution in [0.5, 0.6) is 5.75 Å². The number of hydrazone groups is 1. The van der Waals surface area contributed by atoms with Gasteiger partial charge in [-0.15, -0.1) is 0 Å². The predicted molar refractivity (Wildman–Crippen MR) is 103 cm³/mol. The minimum Gasteiger partial charge on any atom is -0.507 e. The molecule has 0 aromatic heterocycles. The summed E-state index contributed by atoms with van der Waals surface area (Å²) in [6, 6.07) is 12.4. The maximum absolute atomic E-state index is 12.4. The molecule has 26 heavy (non-hydrogen) atoms. The van der Waals surface area contributed by atoms with Crippen molar-refractivity contribution in [2.24, 2.45) is 5.10 Å². The molecule has 0 saturated heterocycles. The Kier molecular flexibility index (Phi) is 4.00. The summed E-state index contributed by atoms with van der Waals surface area (Å²) < 4.78 is 0. The Bertz CT molecular complexity index is 997. The van der Waals surface area contributed by atoms with Gasteiger partial charge in [-0.2, -0.15) is 5.10 Å². The van der Waals surface area contributed by atoms with Crippen molar-refractivity contribution in [1.29, 1.82) is 0 Å². The second-order valence-corrected chi connectivity index (χ2v) is 7.30. The molecule has 7 heteroatoms. The topological polar surface area (TPSA) is 90.8 Å². The molecule has 0 bridgehead atoms. The van der Waals surface area contributed by atoms with Crippen molar-refractivity contribution >= 4 is 46.0 Å². The van der Waals surface area contributed by atoms with Crippen LogP contribution in [0.15, 0.2) is 47.6 Å². The van der Waals surface area contributed by atoms with Crippen LogP contribution in [0.3, 0.4) is 0 Å². The molecular formula is C19H15N3O3S. The first-order chi connectivity index (χ1) is 12.5. The quantitative estimate of drug-likeness (QED) is 0.711. The van der Waals surface area contributed by atoms with Crippen LogP contribution in [0.2, 0.25) is 0 Å². The second-order valence-electron chi connectivity index (χ2n) is 5.99. The number of nitrogens with one attached hydrogen (secondary N) is 2. The molecule has 2 amide bonds. The highest BCUT2D eigenvalue weighted by atomic mass is 32.2. The molecule has 3 N–H and O–H groups in total. The van der Waals surface area contributed by atoms with Gasteiger partial charge in [-0.25, -0.2) is 5.43 Å². The molecule has 0 fully saturated rings. The summed E-state index contributed by atoms with van der Waals surface area (Å²) in [5.74, 6) is -0.108. The fraction of sp³-hybridized carbons (Fsp3) is 0.105. The smallest absolute Gasteiger partial charge is 0.299 e. The fourth-order valence-corrected chi connectivity index (χ4v) is 3.71. The maximum Gasteiger partial charge on any atom is 0.299 e. The number of phenols is 1. The average Bonchev–Trinajstić information content (AvgIpc) is 2.92. The number of rotatable bonds is 2. The van der Waals surface area contributed by atoms with E-state index in [9.17, 15) is 14.7 Å². The molecular weight excluding hydrogens is 350 g/mol. The molecule has 0 spiro atoms. The van der Waals surface area contributed by atoms with Crippen molar-refractivity contribution in [3.8, 4) is 5.75 Å². The van der Waals surface area contributed by atoms with Crippen molar-refractivity contribution in [3.05, 3.63) is 59.2 Å². The zero-order valence-corrected chi connectivity index (χ0v) is 14.6. The molecule has 130 valence electrons. The number of fused-ring (bicyclic) bond motifs is 1. The largest absolute Gasteiger partial charge is 0.507 e. The summed E-state index contributed by atoms with van der Waals surface area (Å²) in [7, 11) is 0. The number of para-hydroxylation sites is 1. The first-order valence-electron chi connectivity index (χ1n) is 8.03. The van der Waals surface area contributed by atoms with Gasteiger partial charge in [0.05, 0.1) is 11.0 Å². The normalized spacial score (nSPS) is 20.4. The monoisotopic (exact) mass is 365 g/mol. The van der Waals surface area contributed by atoms with Crippen LogP contribution < -0.4 is 10.7 Å². The number of hydrogen-bond donors (Lipinski definition) is 3. The van der Waals surface area contributed by atoms with Gasteiger partial charge in [-0.3, -0.25) is 9.59 Å². The number of phenolic OH excluding ortho intramolecular Hbond substituents is 1. The van der Waals surface area contributed by atoms with E-state index in [-0.39, 0.29) is 22.1 Å². The SMILES string of the molecule is CC1SC(=O)NN=C1c1ccc2c(c1)C(=Cc1ccccc1O)C(=O)N2. The van der Waals surface area contributed by atoms with E-state index in [4.69, 9.17) is 0 Å². The lowest BCUT2D eigenvalue weighted by Crippen LogP contribution is -2.29. The Hall–Kier alpha value is -3.06. The molecule has 0 saturated carbocycles. The lowest BCUT2D eigenvalue weighted by atomic mass is 9.98. The van der Waals surface area contributed by atoms with Crippen LogP contribution in [0.1, 0.15) is 23.6 Å². The van der Waals surface area contributed by atoms with Gasteiger partial charge in [0.25, 0.3) is 11.1 Å². The highest BCUT2D eigenvalue weighted by molar-refractivity contribution is 8.14. The molecule has 2 aromatic carbocycles. The third-order valence-corrected chi connectivity index (χ3v) is 5.15. The minimum absolute atomic E-state index is 0.0857. The molecule has 4 rings (SSSR count). The minimum atomic E-state index is -0.221. The number of carbonyl (C=O) groups excluding carboxylic acids is 2. The van der Waals surface area contributed by atoms with Gasteiger partial charge in [0.2, 0.25) is 0 Å². The Morgan fingerprint density at radius 3 is 2.77 bits per heavy atom. The van der Waals surface area contributed by atoms with Crippen molar-refractivity contribution in [2.45, 2.75) is 12.2 Å². The molecule has 2 aliphatic heterocycles. The summed E-state index contributed by atoms with van der Waals surface area (Å²) >= 11 is 1.17. The van der Waals surface area contributed by atoms with Crippen molar-refractivity contribution < 1.29 is 14.7 Å². The number of anilines is 1. The van der Waals surface area contributed by atoms with Crippen LogP contribution in [-0.4, -0.2) is 27.2 Å². The zero-order chi connectivity index (χ0) is 18.3. The third-order valence-electron chi connectivity index (χ3n) is 4.27. The fourth-order valence-electron chi connectivity index (χ4n) is 2.99. The summed E-state index contributed by atoms with van der Waals surface area (Å²) in [5, 5.41) is 16.7. The zero-order valence-electron chi connectivity index (χ0n) is 13.8. The van der Waals surface area contributed by atoms with Crippen LogP contribution >= 0.6 is 11.8 Å². The van der Waals surface area contributed by atoms with Gasteiger partial charge < -0.3 is 10.4 Å². The molecule has 0 aliphatic carbocycles. The number of nitrogens with zero attached hydrogens (tertiary/aromatic N) is 1. The van der Waals surface area contributed by atoms with Crippen LogP contribution in [0, 0.1) is 0 Å². The van der Waals surface area contributed by atoms with E-state index < -0.39 is 0 Å². The number of carbonyl (C=O) groups is 2. The van der Waals surface area contributed by atoms with Gasteiger partial charge in [-0.1, -0.05) is 36.0 Å². The average molecular weight is 365 g/mol. The lowest BCUT2D eigenvalue weighted by Gasteiger charge is -2.18. The Balaban J connectivity index is 1.78. The highest BCUT2D eigenvalue weighted by Crippen LogP contribution is 2.36. The van der Waals surface area contributed by atoms with Gasteiger partial charge in [0.1, 0.15) is 5.75 Å². The third kappa shape index (κ3) is 2.86. The van der Waals surface area contributed by atoms with E-state index >= 15 is 0 Å². The van der Waals surface area contributed by atoms with E-state index in [0.717, 1.165) is 16.8 Å². The number of aromatic hydroxyl groups is 1. The van der Waals surface area contributed by atoms with Gasteiger partial charge in [0, 0.05) is 22.4 Å². The van der Waals surface area contributed by atoms with E-state index in [2.05, 4.69) is 15.8 Å². The van der Waals surface area contributed by atoms with Crippen LogP contribution in [0.4, 0.5) is 10.5 Å². The summed E-state index contributed by atoms with van der Waals surface area (Å²) in [5.41, 5.74) is 6.56.